The first-order chi connectivity index (χ1) is 45.9. The monoisotopic (exact) mass is 1400 g/mol. The molecule has 7 atom stereocenters. The number of esters is 4. The molecule has 19 heteroatoms. The van der Waals surface area contributed by atoms with Crippen LogP contribution in [0, 0.1) is 11.8 Å². The first-order valence-corrected chi connectivity index (χ1v) is 42.6. The van der Waals surface area contributed by atoms with Gasteiger partial charge in [0.15, 0.2) is 12.2 Å². The van der Waals surface area contributed by atoms with E-state index in [0.717, 1.165) is 108 Å². The highest BCUT2D eigenvalue weighted by Crippen LogP contribution is 2.45. The second kappa shape index (κ2) is 67.9. The van der Waals surface area contributed by atoms with Crippen LogP contribution in [0.25, 0.3) is 0 Å². The van der Waals surface area contributed by atoms with E-state index in [-0.39, 0.29) is 25.7 Å². The molecule has 0 aromatic rings. The van der Waals surface area contributed by atoms with Gasteiger partial charge in [0.1, 0.15) is 19.3 Å². The van der Waals surface area contributed by atoms with E-state index in [2.05, 4.69) is 41.5 Å². The van der Waals surface area contributed by atoms with Crippen molar-refractivity contribution in [1.82, 2.24) is 0 Å². The molecule has 17 nitrogen and oxygen atoms in total. The van der Waals surface area contributed by atoms with Crippen molar-refractivity contribution in [2.24, 2.45) is 11.8 Å². The van der Waals surface area contributed by atoms with Crippen molar-refractivity contribution in [3.05, 3.63) is 0 Å². The fourth-order valence-electron chi connectivity index (χ4n) is 11.6. The quantitative estimate of drug-likeness (QED) is 0.0222. The Hall–Kier alpha value is -1.94. The van der Waals surface area contributed by atoms with Crippen LogP contribution in [0.4, 0.5) is 0 Å². The van der Waals surface area contributed by atoms with Crippen LogP contribution in [0.5, 0.6) is 0 Å². The second-order valence-electron chi connectivity index (χ2n) is 27.9. The van der Waals surface area contributed by atoms with E-state index in [4.69, 9.17) is 37.0 Å². The Morgan fingerprint density at radius 2 is 0.505 bits per heavy atom. The minimum Gasteiger partial charge on any atom is -0.462 e. The molecule has 0 spiro atoms. The Morgan fingerprint density at radius 1 is 0.295 bits per heavy atom. The summed E-state index contributed by atoms with van der Waals surface area (Å²) in [6.45, 7) is 9.68. The van der Waals surface area contributed by atoms with Gasteiger partial charge in [-0.25, -0.2) is 9.13 Å². The number of carbonyl (C=O) groups excluding carboxylic acids is 4. The lowest BCUT2D eigenvalue weighted by Crippen LogP contribution is -2.30. The maximum atomic E-state index is 13.1. The molecule has 0 heterocycles. The van der Waals surface area contributed by atoms with Gasteiger partial charge in [-0.15, -0.1) is 0 Å². The first kappa shape index (κ1) is 93.1. The van der Waals surface area contributed by atoms with Gasteiger partial charge < -0.3 is 33.8 Å². The Kier molecular flexibility index (Phi) is 66.5. The fraction of sp³-hybridized carbons (Fsp3) is 0.947. The van der Waals surface area contributed by atoms with Gasteiger partial charge in [-0.3, -0.25) is 37.3 Å². The second-order valence-corrected chi connectivity index (χ2v) is 30.8. The van der Waals surface area contributed by atoms with Gasteiger partial charge in [0, 0.05) is 25.7 Å². The highest BCUT2D eigenvalue weighted by Gasteiger charge is 2.30. The number of ether oxygens (including phenoxy) is 4. The van der Waals surface area contributed by atoms with Crippen LogP contribution in [-0.4, -0.2) is 96.7 Å². The SMILES string of the molecule is CCCCCCCCCCCCCC(=O)O[C@H](COC(=O)CCCCCCCCCC)COP(=O)(O)OC[C@H](O)COP(=O)(O)OC[C@@H](COC(=O)CCCCCCCCCCCCCCCCC(C)CC)OC(=O)CCCCCCCCCCCCCCCCC(C)CC. The third kappa shape index (κ3) is 67.6. The molecule has 0 aliphatic rings. The molecule has 0 aliphatic carbocycles. The third-order valence-electron chi connectivity index (χ3n) is 18.4. The van der Waals surface area contributed by atoms with Crippen molar-refractivity contribution >= 4 is 39.5 Å². The van der Waals surface area contributed by atoms with Crippen LogP contribution in [0.3, 0.4) is 0 Å². The number of hydrogen-bond donors (Lipinski definition) is 3. The van der Waals surface area contributed by atoms with Gasteiger partial charge in [0.2, 0.25) is 0 Å². The van der Waals surface area contributed by atoms with Crippen LogP contribution in [-0.2, 0) is 65.4 Å². The summed E-state index contributed by atoms with van der Waals surface area (Å²) >= 11 is 0. The predicted molar refractivity (Wildman–Crippen MR) is 386 cm³/mol. The zero-order chi connectivity index (χ0) is 70.0. The summed E-state index contributed by atoms with van der Waals surface area (Å²) in [5.74, 6) is -0.421. The molecule has 0 aromatic carbocycles. The van der Waals surface area contributed by atoms with E-state index in [9.17, 15) is 43.2 Å². The van der Waals surface area contributed by atoms with Crippen LogP contribution in [0.1, 0.15) is 395 Å². The topological polar surface area (TPSA) is 237 Å². The summed E-state index contributed by atoms with van der Waals surface area (Å²) in [5.41, 5.74) is 0. The number of rotatable bonds is 75. The lowest BCUT2D eigenvalue weighted by atomic mass is 9.99. The predicted octanol–water partition coefficient (Wildman–Crippen LogP) is 22.3. The lowest BCUT2D eigenvalue weighted by molar-refractivity contribution is -0.161. The molecule has 0 saturated heterocycles. The summed E-state index contributed by atoms with van der Waals surface area (Å²) in [7, 11) is -9.91. The summed E-state index contributed by atoms with van der Waals surface area (Å²) in [5, 5.41) is 10.6. The minimum absolute atomic E-state index is 0.107. The molecule has 0 amide bonds. The molecule has 0 aliphatic heterocycles. The molecule has 0 fully saturated rings. The number of phosphoric ester groups is 2. The average molecular weight is 1400 g/mol. The number of aliphatic hydroxyl groups excluding tert-OH is 1. The summed E-state index contributed by atoms with van der Waals surface area (Å²) < 4.78 is 68.4. The van der Waals surface area contributed by atoms with Crippen LogP contribution >= 0.6 is 15.6 Å². The van der Waals surface area contributed by atoms with Gasteiger partial charge in [-0.2, -0.15) is 0 Å². The van der Waals surface area contributed by atoms with Crippen molar-refractivity contribution in [2.75, 3.05) is 39.6 Å². The summed E-state index contributed by atoms with van der Waals surface area (Å²) in [6, 6.07) is 0. The lowest BCUT2D eigenvalue weighted by Gasteiger charge is -2.21. The molecule has 0 radical (unpaired) electrons. The van der Waals surface area contributed by atoms with Crippen molar-refractivity contribution in [1.29, 1.82) is 0 Å². The van der Waals surface area contributed by atoms with E-state index in [1.165, 1.54) is 205 Å². The normalized spacial score (nSPS) is 14.6. The molecule has 95 heavy (non-hydrogen) atoms. The first-order valence-electron chi connectivity index (χ1n) is 39.6. The standard InChI is InChI=1S/C76H148O17P2/c1-7-11-13-15-17-19-28-36-42-48-54-60-75(80)92-71(64-86-73(78)58-52-46-40-18-16-14-12-8-2)66-90-94(82,83)88-62-70(77)63-89-95(84,85)91-67-72(93-76(81)61-55-49-43-37-32-27-23-21-25-30-34-39-45-51-57-69(6)10-4)65-87-74(79)59-53-47-41-35-31-26-22-20-24-29-33-38-44-50-56-68(5)9-3/h68-72,77H,7-67H2,1-6H3,(H,82,83)(H,84,85)/t68?,69?,70-,71+,72+/m0/s1. The van der Waals surface area contributed by atoms with Crippen LogP contribution in [0.2, 0.25) is 0 Å². The number of unbranched alkanes of at least 4 members (excludes halogenated alkanes) is 43. The van der Waals surface area contributed by atoms with Crippen LogP contribution < -0.4 is 0 Å². The highest BCUT2D eigenvalue weighted by atomic mass is 31.2. The fourth-order valence-corrected chi connectivity index (χ4v) is 13.2. The maximum Gasteiger partial charge on any atom is 0.472 e. The van der Waals surface area contributed by atoms with E-state index in [1.54, 1.807) is 0 Å². The Balaban J connectivity index is 5.20. The van der Waals surface area contributed by atoms with E-state index < -0.39 is 97.5 Å². The van der Waals surface area contributed by atoms with E-state index in [0.29, 0.717) is 25.7 Å². The van der Waals surface area contributed by atoms with Gasteiger partial charge in [0.25, 0.3) is 0 Å². The van der Waals surface area contributed by atoms with E-state index in [1.807, 2.05) is 0 Å². The minimum atomic E-state index is -4.96. The van der Waals surface area contributed by atoms with Crippen LogP contribution in [0.15, 0.2) is 0 Å². The van der Waals surface area contributed by atoms with Crippen molar-refractivity contribution in [3.63, 3.8) is 0 Å². The average Bonchev–Trinajstić information content (AvgIpc) is 1.97. The Morgan fingerprint density at radius 3 is 0.747 bits per heavy atom. The van der Waals surface area contributed by atoms with E-state index >= 15 is 0 Å². The molecule has 564 valence electrons. The van der Waals surface area contributed by atoms with Gasteiger partial charge in [-0.1, -0.05) is 343 Å². The van der Waals surface area contributed by atoms with Gasteiger partial charge >= 0.3 is 39.5 Å². The largest absolute Gasteiger partial charge is 0.472 e. The smallest absolute Gasteiger partial charge is 0.462 e. The molecule has 0 aromatic heterocycles. The summed E-state index contributed by atoms with van der Waals surface area (Å²) in [4.78, 5) is 72.7. The van der Waals surface area contributed by atoms with Gasteiger partial charge in [-0.05, 0) is 37.5 Å². The molecule has 4 unspecified atom stereocenters. The summed E-state index contributed by atoms with van der Waals surface area (Å²) in [6.07, 6.45) is 55.4. The molecule has 0 rings (SSSR count). The zero-order valence-corrected chi connectivity index (χ0v) is 63.8. The van der Waals surface area contributed by atoms with Gasteiger partial charge in [0.05, 0.1) is 26.4 Å². The molecular formula is C76H148O17P2. The highest BCUT2D eigenvalue weighted by molar-refractivity contribution is 7.47. The molecule has 0 saturated carbocycles. The third-order valence-corrected chi connectivity index (χ3v) is 20.3. The van der Waals surface area contributed by atoms with Crippen molar-refractivity contribution in [3.8, 4) is 0 Å². The number of phosphoric acid groups is 2. The Labute approximate surface area is 581 Å². The molecule has 3 N–H and O–H groups in total. The zero-order valence-electron chi connectivity index (χ0n) is 62.0. The molecular weight excluding hydrogens is 1250 g/mol. The Bertz CT molecular complexity index is 1840. The number of aliphatic hydroxyl groups is 1. The number of hydrogen-bond acceptors (Lipinski definition) is 15. The number of carbonyl (C=O) groups is 4. The molecule has 0 bridgehead atoms. The van der Waals surface area contributed by atoms with Crippen molar-refractivity contribution < 1.29 is 80.2 Å². The maximum absolute atomic E-state index is 13.1. The van der Waals surface area contributed by atoms with Crippen molar-refractivity contribution in [2.45, 2.75) is 413 Å².